The van der Waals surface area contributed by atoms with E-state index < -0.39 is 24.3 Å². The number of nitrogens with two attached hydrogens (primary N) is 1. The average molecular weight is 794 g/mol. The number of Topliss-reactive ketones (excluding diaryl/α,β-unsaturated/α-hetero) is 1. The Bertz CT molecular complexity index is 1910. The van der Waals surface area contributed by atoms with Crippen molar-refractivity contribution in [2.75, 3.05) is 6.54 Å². The molecule has 0 bridgehead atoms. The molecule has 0 fully saturated rings. The van der Waals surface area contributed by atoms with E-state index >= 15 is 0 Å². The number of H-pyrrole nitrogens is 1. The molecule has 0 saturated heterocycles. The van der Waals surface area contributed by atoms with Crippen molar-refractivity contribution in [2.24, 2.45) is 4.99 Å². The zero-order valence-corrected chi connectivity index (χ0v) is 30.2. The van der Waals surface area contributed by atoms with E-state index in [9.17, 15) is 40.7 Å². The fourth-order valence-corrected chi connectivity index (χ4v) is 5.77. The minimum Gasteiger partial charge on any atom is -0.542 e. The van der Waals surface area contributed by atoms with E-state index in [2.05, 4.69) is 39.6 Å². The van der Waals surface area contributed by atoms with Crippen LogP contribution in [0.4, 0.5) is 26.3 Å². The number of nitrogens with one attached hydrogen (secondary N) is 3. The highest BCUT2D eigenvalue weighted by atomic mass is 19.4. The molecular formula is C38H41F6N5O7. The van der Waals surface area contributed by atoms with Gasteiger partial charge in [-0.2, -0.15) is 26.3 Å². The summed E-state index contributed by atoms with van der Waals surface area (Å²) < 4.78 is 63.1. The molecule has 3 aromatic rings. The number of pyridine rings is 1. The lowest BCUT2D eigenvalue weighted by Gasteiger charge is -2.26. The van der Waals surface area contributed by atoms with Crippen LogP contribution in [0.15, 0.2) is 82.7 Å². The van der Waals surface area contributed by atoms with Crippen LogP contribution in [-0.2, 0) is 33.9 Å². The number of ketones is 1. The maximum absolute atomic E-state index is 13.6. The number of aliphatic carboxylic acids is 2. The number of aromatic amines is 1. The highest BCUT2D eigenvalue weighted by Gasteiger charge is 2.31. The number of benzene rings is 2. The number of rotatable bonds is 13. The standard InChI is InChI=1S/C34H39N5O3.2C2HF3O2/c1-2-27(40)16-10-5-11-17-30(32-35-21-31(36-32)25-14-8-4-9-15-25)38-34(42)28-20-26-23-39(19-18-29(26)37-33(28)41)22-24-12-6-3-7-13-24;2*3-2(4,5)1(6)7/h3-4,6-9,12-15,20-21,30H,2,5,10-11,16-19,22-23H2,1H3,(H,35,36)(H,37,41)(H,38,42);2*(H,6,7)/t30-;;/m0../s1. The second-order valence-corrected chi connectivity index (χ2v) is 12.8. The maximum atomic E-state index is 13.6. The number of amidine groups is 1. The van der Waals surface area contributed by atoms with Crippen molar-refractivity contribution in [1.29, 1.82) is 0 Å². The highest BCUT2D eigenvalue weighted by molar-refractivity contribution is 5.98. The summed E-state index contributed by atoms with van der Waals surface area (Å²) in [6.45, 7) is 4.48. The van der Waals surface area contributed by atoms with Crippen molar-refractivity contribution in [2.45, 2.75) is 83.4 Å². The minimum absolute atomic E-state index is 0.142. The van der Waals surface area contributed by atoms with Crippen LogP contribution in [0.25, 0.3) is 5.70 Å². The number of quaternary nitrogens is 2. The number of unbranched alkanes of at least 4 members (excludes halogenated alkanes) is 2. The molecule has 2 aliphatic heterocycles. The SMILES string of the molecule is CCC(=O)CCCCC[C@H](NC(=O)c1cc2c([nH]c1=O)CC[NH+](Cc1ccccc1)C2)C1=NC=C(c2ccccc2)[NH2+]1.O=C([O-])C(F)(F)F.O=C([O-])C(F)(F)F. The third-order valence-electron chi connectivity index (χ3n) is 8.66. The molecule has 1 aromatic heterocycles. The molecule has 5 rings (SSSR count). The Morgan fingerprint density at radius 3 is 2.07 bits per heavy atom. The molecule has 3 heterocycles. The number of carboxylic acid groups (broad SMARTS) is 2. The number of halogens is 6. The maximum Gasteiger partial charge on any atom is 0.430 e. The fourth-order valence-electron chi connectivity index (χ4n) is 5.77. The van der Waals surface area contributed by atoms with Crippen LogP contribution in [0, 0.1) is 0 Å². The number of carbonyl (C=O) groups is 4. The highest BCUT2D eigenvalue weighted by Crippen LogP contribution is 2.15. The van der Waals surface area contributed by atoms with Gasteiger partial charge < -0.3 is 35.0 Å². The predicted octanol–water partition coefficient (Wildman–Crippen LogP) is 1.12. The first kappa shape index (κ1) is 44.8. The van der Waals surface area contributed by atoms with Crippen LogP contribution in [0.3, 0.4) is 0 Å². The van der Waals surface area contributed by atoms with Crippen molar-refractivity contribution < 1.29 is 66.0 Å². The number of aromatic nitrogens is 1. The molecule has 1 amide bonds. The normalized spacial score (nSPS) is 15.4. The van der Waals surface area contributed by atoms with Crippen molar-refractivity contribution in [3.63, 3.8) is 0 Å². The third-order valence-corrected chi connectivity index (χ3v) is 8.66. The Balaban J connectivity index is 0.000000512. The summed E-state index contributed by atoms with van der Waals surface area (Å²) in [5.74, 6) is -5.34. The van der Waals surface area contributed by atoms with Gasteiger partial charge in [0.2, 0.25) is 5.84 Å². The van der Waals surface area contributed by atoms with Crippen LogP contribution in [0.2, 0.25) is 0 Å². The Morgan fingerprint density at radius 1 is 0.911 bits per heavy atom. The molecule has 0 radical (unpaired) electrons. The molecular weight excluding hydrogens is 752 g/mol. The van der Waals surface area contributed by atoms with Gasteiger partial charge >= 0.3 is 12.4 Å². The van der Waals surface area contributed by atoms with Crippen LogP contribution in [0.1, 0.15) is 78.2 Å². The van der Waals surface area contributed by atoms with Gasteiger partial charge in [-0.15, -0.1) is 0 Å². The number of fused-ring (bicyclic) bond motifs is 1. The molecule has 0 aliphatic carbocycles. The number of amides is 1. The molecule has 12 nitrogen and oxygen atoms in total. The average Bonchev–Trinajstić information content (AvgIpc) is 3.65. The smallest absolute Gasteiger partial charge is 0.430 e. The topological polar surface area (TPSA) is 193 Å². The predicted molar refractivity (Wildman–Crippen MR) is 186 cm³/mol. The summed E-state index contributed by atoms with van der Waals surface area (Å²) in [5, 5.41) is 22.7. The second kappa shape index (κ2) is 20.9. The van der Waals surface area contributed by atoms with Crippen molar-refractivity contribution >= 4 is 35.2 Å². The number of carboxylic acids is 2. The zero-order chi connectivity index (χ0) is 41.5. The number of carbonyl (C=O) groups excluding carboxylic acids is 4. The van der Waals surface area contributed by atoms with Crippen LogP contribution < -0.4 is 31.3 Å². The lowest BCUT2D eigenvalue weighted by atomic mass is 10.0. The number of alkyl halides is 6. The molecule has 5 N–H and O–H groups in total. The number of nitrogens with zero attached hydrogens (tertiary/aromatic N) is 1. The Labute approximate surface area is 317 Å². The summed E-state index contributed by atoms with van der Waals surface area (Å²) >= 11 is 0. The largest absolute Gasteiger partial charge is 0.542 e. The molecule has 2 atom stereocenters. The van der Waals surface area contributed by atoms with Gasteiger partial charge in [0.1, 0.15) is 42.4 Å². The van der Waals surface area contributed by atoms with E-state index in [1.54, 1.807) is 6.07 Å². The van der Waals surface area contributed by atoms with Gasteiger partial charge in [0.25, 0.3) is 11.5 Å². The second-order valence-electron chi connectivity index (χ2n) is 12.8. The zero-order valence-electron chi connectivity index (χ0n) is 30.2. The van der Waals surface area contributed by atoms with E-state index in [-0.39, 0.29) is 28.9 Å². The third kappa shape index (κ3) is 14.6. The van der Waals surface area contributed by atoms with Crippen molar-refractivity contribution in [3.05, 3.63) is 111 Å². The van der Waals surface area contributed by atoms with E-state index in [0.717, 1.165) is 73.7 Å². The monoisotopic (exact) mass is 793 g/mol. The summed E-state index contributed by atoms with van der Waals surface area (Å²) in [6, 6.07) is 21.9. The summed E-state index contributed by atoms with van der Waals surface area (Å²) in [5.41, 5.74) is 5.07. The van der Waals surface area contributed by atoms with Crippen molar-refractivity contribution in [3.8, 4) is 0 Å². The Hall–Kier alpha value is -5.62. The van der Waals surface area contributed by atoms with Gasteiger partial charge in [-0.3, -0.25) is 19.7 Å². The van der Waals surface area contributed by atoms with Crippen LogP contribution in [-0.4, -0.2) is 59.4 Å². The fraction of sp³-hybridized carbons (Fsp3) is 0.368. The van der Waals surface area contributed by atoms with Gasteiger partial charge in [-0.1, -0.05) is 68.3 Å². The first-order chi connectivity index (χ1) is 26.4. The summed E-state index contributed by atoms with van der Waals surface area (Å²) in [6.07, 6.45) is -3.37. The quantitative estimate of drug-likeness (QED) is 0.147. The number of hydrogen-bond donors (Lipinski definition) is 4. The molecule has 1 unspecified atom stereocenters. The van der Waals surface area contributed by atoms with Gasteiger partial charge in [0.05, 0.1) is 12.7 Å². The lowest BCUT2D eigenvalue weighted by Crippen LogP contribution is -3.10. The van der Waals surface area contributed by atoms with Gasteiger partial charge in [-0.25, -0.2) is 4.99 Å². The van der Waals surface area contributed by atoms with Gasteiger partial charge in [0, 0.05) is 41.6 Å². The Morgan fingerprint density at radius 2 is 1.50 bits per heavy atom. The number of hydrogen-bond acceptors (Lipinski definition) is 8. The van der Waals surface area contributed by atoms with E-state index in [4.69, 9.17) is 19.8 Å². The van der Waals surface area contributed by atoms with Gasteiger partial charge in [0.15, 0.2) is 5.70 Å². The minimum atomic E-state index is -5.19. The van der Waals surface area contributed by atoms with Crippen LogP contribution in [0.5, 0.6) is 0 Å². The molecule has 2 aromatic carbocycles. The first-order valence-corrected chi connectivity index (χ1v) is 17.6. The van der Waals surface area contributed by atoms with E-state index in [0.29, 0.717) is 19.3 Å². The first-order valence-electron chi connectivity index (χ1n) is 17.6. The lowest BCUT2D eigenvalue weighted by molar-refractivity contribution is -0.929. The summed E-state index contributed by atoms with van der Waals surface area (Å²) in [4.78, 5) is 65.0. The molecule has 302 valence electrons. The molecule has 18 heteroatoms. The molecule has 0 spiro atoms. The molecule has 0 saturated carbocycles. The van der Waals surface area contributed by atoms with Crippen LogP contribution >= 0.6 is 0 Å². The van der Waals surface area contributed by atoms with Crippen molar-refractivity contribution in [1.82, 2.24) is 10.3 Å². The van der Waals surface area contributed by atoms with Gasteiger partial charge in [-0.05, 0) is 31.0 Å². The summed E-state index contributed by atoms with van der Waals surface area (Å²) in [7, 11) is 0. The Kier molecular flexibility index (Phi) is 16.7. The van der Waals surface area contributed by atoms with E-state index in [1.807, 2.05) is 54.8 Å². The molecule has 56 heavy (non-hydrogen) atoms. The van der Waals surface area contributed by atoms with E-state index in [1.165, 1.54) is 10.5 Å². The molecule has 2 aliphatic rings. The number of aliphatic imine (C=N–C) groups is 1.